The van der Waals surface area contributed by atoms with Crippen LogP contribution in [0, 0.1) is 28.6 Å². The summed E-state index contributed by atoms with van der Waals surface area (Å²) in [5.41, 5.74) is -1.29. The first-order valence-electron chi connectivity index (χ1n) is 11.9. The van der Waals surface area contributed by atoms with Crippen LogP contribution in [0.4, 0.5) is 0 Å². The summed E-state index contributed by atoms with van der Waals surface area (Å²) < 4.78 is 10.6. The van der Waals surface area contributed by atoms with E-state index in [4.69, 9.17) is 9.47 Å². The zero-order valence-corrected chi connectivity index (χ0v) is 21.9. The highest BCUT2D eigenvalue weighted by molar-refractivity contribution is 6.11. The minimum Gasteiger partial charge on any atom is -0.497 e. The summed E-state index contributed by atoms with van der Waals surface area (Å²) in [5, 5.41) is 21.2. The number of carbonyl (C=O) groups excluding carboxylic acids is 1. The fourth-order valence-electron chi connectivity index (χ4n) is 6.50. The number of ether oxygens (including phenoxy) is 2. The number of methoxy groups -OCH3 is 2. The molecule has 7 nitrogen and oxygen atoms in total. The maximum absolute atomic E-state index is 13.9. The Bertz CT molecular complexity index is 1270. The number of hydrogen-bond donors (Lipinski definition) is 0. The SMILES string of the molecule is COc1ccc(C(=O)C2=C[C@]3(c4ccc(OC)cc4)[C@@H](C)[C@H](N(C)C)C(C#N)(C#N)N3C2(C)C)cc1. The average molecular weight is 485 g/mol. The molecule has 0 unspecified atom stereocenters. The second-order valence-corrected chi connectivity index (χ2v) is 10.3. The fraction of sp³-hybridized carbons (Fsp3) is 0.414. The number of carbonyl (C=O) groups is 1. The van der Waals surface area contributed by atoms with Crippen LogP contribution >= 0.6 is 0 Å². The molecule has 0 amide bonds. The lowest BCUT2D eigenvalue weighted by Gasteiger charge is -2.46. The molecular weight excluding hydrogens is 452 g/mol. The third-order valence-corrected chi connectivity index (χ3v) is 7.95. The Morgan fingerprint density at radius 2 is 1.44 bits per heavy atom. The normalized spacial score (nSPS) is 26.0. The quantitative estimate of drug-likeness (QED) is 0.569. The van der Waals surface area contributed by atoms with Crippen molar-refractivity contribution >= 4 is 5.78 Å². The summed E-state index contributed by atoms with van der Waals surface area (Å²) in [7, 11) is 6.99. The van der Waals surface area contributed by atoms with Gasteiger partial charge in [-0.25, -0.2) is 4.90 Å². The first-order valence-corrected chi connectivity index (χ1v) is 11.9. The number of Topliss-reactive ketones (excluding diaryl/α,β-unsaturated/α-hetero) is 1. The van der Waals surface area contributed by atoms with Crippen molar-refractivity contribution in [2.45, 2.75) is 43.4 Å². The number of ketones is 1. The zero-order valence-electron chi connectivity index (χ0n) is 21.9. The predicted octanol–water partition coefficient (Wildman–Crippen LogP) is 4.17. The molecule has 4 rings (SSSR count). The molecule has 0 saturated carbocycles. The van der Waals surface area contributed by atoms with E-state index in [9.17, 15) is 15.3 Å². The molecule has 7 heteroatoms. The van der Waals surface area contributed by atoms with E-state index in [2.05, 4.69) is 19.1 Å². The minimum absolute atomic E-state index is 0.136. The van der Waals surface area contributed by atoms with E-state index in [1.54, 1.807) is 38.5 Å². The largest absolute Gasteiger partial charge is 0.497 e. The van der Waals surface area contributed by atoms with E-state index in [1.807, 2.05) is 68.1 Å². The summed E-state index contributed by atoms with van der Waals surface area (Å²) in [6, 6.07) is 19.1. The van der Waals surface area contributed by atoms with Gasteiger partial charge in [-0.15, -0.1) is 0 Å². The number of likely N-dealkylation sites (N-methyl/N-ethyl adjacent to an activating group) is 1. The molecular formula is C29H32N4O3. The molecule has 0 spiro atoms. The maximum atomic E-state index is 13.9. The minimum atomic E-state index is -1.50. The summed E-state index contributed by atoms with van der Waals surface area (Å²) >= 11 is 0. The second kappa shape index (κ2) is 8.78. The molecule has 2 aliphatic heterocycles. The standard InChI is InChI=1S/C29H32N4O3/c1-19-26(32(4)5)28(17-30,18-31)33-27(2,3)24(25(34)20-8-12-22(35-6)13-9-20)16-29(19,33)21-10-14-23(36-7)15-11-21/h8-16,19,26H,1-7H3/t19-,26-,29+/m0/s1. The summed E-state index contributed by atoms with van der Waals surface area (Å²) in [6.45, 7) is 5.92. The Kier molecular flexibility index (Phi) is 6.21. The Morgan fingerprint density at radius 1 is 0.944 bits per heavy atom. The molecule has 3 atom stereocenters. The first kappa shape index (κ1) is 25.4. The third-order valence-electron chi connectivity index (χ3n) is 7.95. The molecule has 0 aliphatic carbocycles. The lowest BCUT2D eigenvalue weighted by molar-refractivity contribution is 0.0418. The monoisotopic (exact) mass is 484 g/mol. The van der Waals surface area contributed by atoms with Gasteiger partial charge in [0.25, 0.3) is 0 Å². The van der Waals surface area contributed by atoms with Gasteiger partial charge in [-0.1, -0.05) is 25.1 Å². The molecule has 1 saturated heterocycles. The number of rotatable bonds is 6. The van der Waals surface area contributed by atoms with Gasteiger partial charge in [0, 0.05) is 22.6 Å². The smallest absolute Gasteiger partial charge is 0.213 e. The van der Waals surface area contributed by atoms with Crippen molar-refractivity contribution in [2.75, 3.05) is 28.3 Å². The van der Waals surface area contributed by atoms with Crippen LogP contribution in [0.1, 0.15) is 36.7 Å². The Morgan fingerprint density at radius 3 is 1.89 bits per heavy atom. The van der Waals surface area contributed by atoms with Gasteiger partial charge in [0.2, 0.25) is 5.54 Å². The molecule has 2 heterocycles. The van der Waals surface area contributed by atoms with Crippen molar-refractivity contribution in [1.29, 1.82) is 10.5 Å². The van der Waals surface area contributed by atoms with E-state index < -0.39 is 22.7 Å². The summed E-state index contributed by atoms with van der Waals surface area (Å²) in [4.78, 5) is 17.9. The summed E-state index contributed by atoms with van der Waals surface area (Å²) in [6.07, 6.45) is 2.00. The first-order chi connectivity index (χ1) is 17.0. The molecule has 2 aromatic rings. The number of hydrogen-bond acceptors (Lipinski definition) is 7. The molecule has 2 aromatic carbocycles. The average Bonchev–Trinajstić information content (AvgIpc) is 3.28. The summed E-state index contributed by atoms with van der Waals surface area (Å²) in [5.74, 6) is 1.04. The Hall–Kier alpha value is -3.65. The van der Waals surface area contributed by atoms with Crippen LogP contribution in [0.2, 0.25) is 0 Å². The van der Waals surface area contributed by atoms with Crippen LogP contribution in [0.25, 0.3) is 0 Å². The molecule has 186 valence electrons. The molecule has 36 heavy (non-hydrogen) atoms. The topological polar surface area (TPSA) is 89.6 Å². The van der Waals surface area contributed by atoms with Gasteiger partial charge in [0.1, 0.15) is 23.6 Å². The van der Waals surface area contributed by atoms with Gasteiger partial charge in [0.15, 0.2) is 5.78 Å². The fourth-order valence-corrected chi connectivity index (χ4v) is 6.50. The van der Waals surface area contributed by atoms with Crippen molar-refractivity contribution in [3.05, 3.63) is 71.3 Å². The van der Waals surface area contributed by atoms with E-state index in [1.165, 1.54) is 0 Å². The van der Waals surface area contributed by atoms with Gasteiger partial charge >= 0.3 is 0 Å². The lowest BCUT2D eigenvalue weighted by atomic mass is 9.76. The van der Waals surface area contributed by atoms with Crippen LogP contribution < -0.4 is 9.47 Å². The van der Waals surface area contributed by atoms with Gasteiger partial charge in [-0.05, 0) is 69.9 Å². The second-order valence-electron chi connectivity index (χ2n) is 10.3. The van der Waals surface area contributed by atoms with Crippen LogP contribution in [-0.4, -0.2) is 61.0 Å². The van der Waals surface area contributed by atoms with Crippen molar-refractivity contribution in [2.24, 2.45) is 5.92 Å². The van der Waals surface area contributed by atoms with Gasteiger partial charge in [-0.3, -0.25) is 4.79 Å². The van der Waals surface area contributed by atoms with Gasteiger partial charge in [-0.2, -0.15) is 10.5 Å². The van der Waals surface area contributed by atoms with Crippen LogP contribution in [0.15, 0.2) is 60.2 Å². The van der Waals surface area contributed by atoms with E-state index in [0.29, 0.717) is 22.6 Å². The number of fused-ring (bicyclic) bond motifs is 1. The predicted molar refractivity (Wildman–Crippen MR) is 137 cm³/mol. The van der Waals surface area contributed by atoms with Crippen molar-refractivity contribution in [1.82, 2.24) is 9.80 Å². The lowest BCUT2D eigenvalue weighted by Crippen LogP contribution is -2.61. The molecule has 2 aliphatic rings. The van der Waals surface area contributed by atoms with Crippen molar-refractivity contribution in [3.63, 3.8) is 0 Å². The zero-order chi connectivity index (χ0) is 26.5. The highest BCUT2D eigenvalue weighted by atomic mass is 16.5. The highest BCUT2D eigenvalue weighted by Crippen LogP contribution is 2.62. The molecule has 0 bridgehead atoms. The Balaban J connectivity index is 2.01. The third kappa shape index (κ3) is 3.27. The van der Waals surface area contributed by atoms with Crippen LogP contribution in [0.5, 0.6) is 11.5 Å². The molecule has 0 radical (unpaired) electrons. The van der Waals surface area contributed by atoms with Gasteiger partial charge < -0.3 is 14.4 Å². The number of nitriles is 2. The van der Waals surface area contributed by atoms with Crippen molar-refractivity contribution in [3.8, 4) is 23.6 Å². The van der Waals surface area contributed by atoms with Crippen LogP contribution in [0.3, 0.4) is 0 Å². The molecule has 1 fully saturated rings. The van der Waals surface area contributed by atoms with E-state index in [-0.39, 0.29) is 11.7 Å². The van der Waals surface area contributed by atoms with Gasteiger partial charge in [0.05, 0.1) is 25.8 Å². The Labute approximate surface area is 213 Å². The number of benzene rings is 2. The van der Waals surface area contributed by atoms with E-state index in [0.717, 1.165) is 5.56 Å². The van der Waals surface area contributed by atoms with Crippen molar-refractivity contribution < 1.29 is 14.3 Å². The molecule has 0 aromatic heterocycles. The highest BCUT2D eigenvalue weighted by Gasteiger charge is 2.73. The van der Waals surface area contributed by atoms with E-state index >= 15 is 0 Å². The molecule has 0 N–H and O–H groups in total. The maximum Gasteiger partial charge on any atom is 0.213 e. The number of nitrogens with zero attached hydrogens (tertiary/aromatic N) is 4. The van der Waals surface area contributed by atoms with Crippen LogP contribution in [-0.2, 0) is 5.54 Å².